The molecule has 0 atom stereocenters. The molecule has 1 fully saturated rings. The topological polar surface area (TPSA) is 75.2 Å². The number of pyridine rings is 1. The maximum absolute atomic E-state index is 7.55. The summed E-state index contributed by atoms with van der Waals surface area (Å²) >= 11 is 0. The first-order valence-electron chi connectivity index (χ1n) is 5.68. The molecule has 0 spiro atoms. The minimum absolute atomic E-state index is 0.00454. The van der Waals surface area contributed by atoms with Gasteiger partial charge in [0.1, 0.15) is 11.5 Å². The highest BCUT2D eigenvalue weighted by molar-refractivity contribution is 5.98. The number of amidine groups is 1. The van der Waals surface area contributed by atoms with E-state index in [2.05, 4.69) is 23.7 Å². The van der Waals surface area contributed by atoms with Crippen molar-refractivity contribution in [2.45, 2.75) is 19.4 Å². The number of nitrogens with zero attached hydrogens (tertiary/aromatic N) is 2. The molecule has 17 heavy (non-hydrogen) atoms. The van der Waals surface area contributed by atoms with Crippen molar-refractivity contribution >= 4 is 11.5 Å². The minimum Gasteiger partial charge on any atom is -0.382 e. The Morgan fingerprint density at radius 3 is 3.00 bits per heavy atom. The number of anilines is 1. The van der Waals surface area contributed by atoms with E-state index in [9.17, 15) is 0 Å². The van der Waals surface area contributed by atoms with E-state index < -0.39 is 0 Å². The second-order valence-electron chi connectivity index (χ2n) is 4.81. The van der Waals surface area contributed by atoms with Crippen LogP contribution in [0.1, 0.15) is 19.5 Å². The molecule has 1 saturated heterocycles. The summed E-state index contributed by atoms with van der Waals surface area (Å²) in [6, 6.07) is 3.81. The van der Waals surface area contributed by atoms with Gasteiger partial charge in [-0.25, -0.2) is 0 Å². The number of hydrogen-bond acceptors (Lipinski definition) is 4. The lowest BCUT2D eigenvalue weighted by Gasteiger charge is -2.39. The van der Waals surface area contributed by atoms with Gasteiger partial charge in [0.2, 0.25) is 0 Å². The fraction of sp³-hybridized carbons (Fsp3) is 0.500. The van der Waals surface area contributed by atoms with Gasteiger partial charge in [0.05, 0.1) is 17.9 Å². The second-order valence-corrected chi connectivity index (χ2v) is 4.81. The highest BCUT2D eigenvalue weighted by Crippen LogP contribution is 2.24. The van der Waals surface area contributed by atoms with Crippen molar-refractivity contribution in [2.75, 3.05) is 24.6 Å². The Morgan fingerprint density at radius 2 is 2.35 bits per heavy atom. The number of ether oxygens (including phenoxy) is 1. The van der Waals surface area contributed by atoms with E-state index >= 15 is 0 Å². The zero-order valence-electron chi connectivity index (χ0n) is 10.2. The van der Waals surface area contributed by atoms with E-state index in [0.717, 1.165) is 18.8 Å². The molecular weight excluding hydrogens is 216 g/mol. The van der Waals surface area contributed by atoms with E-state index in [1.165, 1.54) is 0 Å². The molecule has 0 amide bonds. The highest BCUT2D eigenvalue weighted by Gasteiger charge is 2.28. The normalized spacial score (nSPS) is 19.1. The van der Waals surface area contributed by atoms with Gasteiger partial charge < -0.3 is 15.4 Å². The van der Waals surface area contributed by atoms with E-state index in [0.29, 0.717) is 12.3 Å². The van der Waals surface area contributed by atoms with Crippen molar-refractivity contribution in [3.05, 3.63) is 24.0 Å². The largest absolute Gasteiger partial charge is 0.382 e. The third-order valence-electron chi connectivity index (χ3n) is 2.81. The summed E-state index contributed by atoms with van der Waals surface area (Å²) in [5, 5.41) is 7.55. The first kappa shape index (κ1) is 11.9. The fourth-order valence-corrected chi connectivity index (χ4v) is 2.08. The molecule has 5 nitrogen and oxygen atoms in total. The summed E-state index contributed by atoms with van der Waals surface area (Å²) in [6.45, 7) is 6.37. The molecule has 0 unspecified atom stereocenters. The maximum atomic E-state index is 7.55. The quantitative estimate of drug-likeness (QED) is 0.591. The third kappa shape index (κ3) is 2.55. The van der Waals surface area contributed by atoms with Gasteiger partial charge in [0.25, 0.3) is 0 Å². The van der Waals surface area contributed by atoms with Crippen LogP contribution in [-0.4, -0.2) is 36.1 Å². The van der Waals surface area contributed by atoms with Gasteiger partial charge in [-0.05, 0) is 26.0 Å². The van der Waals surface area contributed by atoms with Crippen LogP contribution in [0.4, 0.5) is 5.69 Å². The van der Waals surface area contributed by atoms with Crippen molar-refractivity contribution in [2.24, 2.45) is 5.73 Å². The average molecular weight is 234 g/mol. The molecule has 0 aliphatic carbocycles. The maximum Gasteiger partial charge on any atom is 0.143 e. The second kappa shape index (κ2) is 4.33. The van der Waals surface area contributed by atoms with Crippen LogP contribution in [0.3, 0.4) is 0 Å². The van der Waals surface area contributed by atoms with E-state index in [4.69, 9.17) is 15.9 Å². The monoisotopic (exact) mass is 234 g/mol. The van der Waals surface area contributed by atoms with Crippen molar-refractivity contribution in [3.8, 4) is 0 Å². The van der Waals surface area contributed by atoms with E-state index in [1.807, 2.05) is 12.1 Å². The Morgan fingerprint density at radius 1 is 1.59 bits per heavy atom. The number of nitrogens with two attached hydrogens (primary N) is 1. The number of nitrogens with one attached hydrogen (secondary N) is 1. The van der Waals surface area contributed by atoms with Gasteiger partial charge in [0.15, 0.2) is 0 Å². The molecular formula is C12H18N4O. The highest BCUT2D eigenvalue weighted by atomic mass is 16.5. The molecule has 0 radical (unpaired) electrons. The molecule has 2 rings (SSSR count). The Bertz CT molecular complexity index is 430. The van der Waals surface area contributed by atoms with Gasteiger partial charge in [-0.15, -0.1) is 0 Å². The van der Waals surface area contributed by atoms with Crippen LogP contribution in [-0.2, 0) is 4.74 Å². The van der Waals surface area contributed by atoms with Crippen LogP contribution in [0, 0.1) is 5.41 Å². The number of aromatic nitrogens is 1. The van der Waals surface area contributed by atoms with Crippen LogP contribution in [0.5, 0.6) is 0 Å². The number of hydrogen-bond donors (Lipinski definition) is 2. The van der Waals surface area contributed by atoms with Crippen molar-refractivity contribution in [3.63, 3.8) is 0 Å². The van der Waals surface area contributed by atoms with Crippen LogP contribution < -0.4 is 10.6 Å². The van der Waals surface area contributed by atoms with E-state index in [1.54, 1.807) is 6.20 Å². The van der Waals surface area contributed by atoms with Crippen molar-refractivity contribution < 1.29 is 4.74 Å². The molecule has 5 heteroatoms. The summed E-state index contributed by atoms with van der Waals surface area (Å²) < 4.78 is 5.67. The minimum atomic E-state index is -0.178. The van der Waals surface area contributed by atoms with Crippen molar-refractivity contribution in [1.29, 1.82) is 5.41 Å². The Hall–Kier alpha value is -1.62. The number of nitrogen functional groups attached to an aromatic ring is 1. The molecule has 0 aromatic carbocycles. The van der Waals surface area contributed by atoms with Gasteiger partial charge in [-0.1, -0.05) is 0 Å². The summed E-state index contributed by atoms with van der Waals surface area (Å²) in [4.78, 5) is 6.34. The molecule has 2 heterocycles. The lowest BCUT2D eigenvalue weighted by Crippen LogP contribution is -2.49. The van der Waals surface area contributed by atoms with Gasteiger partial charge in [-0.3, -0.25) is 10.4 Å². The third-order valence-corrected chi connectivity index (χ3v) is 2.81. The molecule has 3 N–H and O–H groups in total. The number of morpholine rings is 1. The van der Waals surface area contributed by atoms with Gasteiger partial charge >= 0.3 is 0 Å². The predicted octanol–water partition coefficient (Wildman–Crippen LogP) is 0.981. The molecule has 1 aromatic heterocycles. The van der Waals surface area contributed by atoms with Crippen LogP contribution >= 0.6 is 0 Å². The number of rotatable bonds is 2. The smallest absolute Gasteiger partial charge is 0.143 e. The molecule has 0 bridgehead atoms. The first-order valence-corrected chi connectivity index (χ1v) is 5.68. The standard InChI is InChI=1S/C12H18N4O/c1-12(2)8-16(6-7-17-12)9-4-3-5-15-10(9)11(13)14/h3-5H,6-8H2,1-2H3,(H3,13,14). The summed E-state index contributed by atoms with van der Waals surface area (Å²) in [5.41, 5.74) is 6.83. The van der Waals surface area contributed by atoms with Gasteiger partial charge in [0, 0.05) is 19.3 Å². The van der Waals surface area contributed by atoms with Crippen LogP contribution in [0.25, 0.3) is 0 Å². The molecule has 0 saturated carbocycles. The lowest BCUT2D eigenvalue weighted by atomic mass is 10.1. The molecule has 92 valence electrons. The Balaban J connectivity index is 2.30. The molecule has 1 aromatic rings. The van der Waals surface area contributed by atoms with E-state index in [-0.39, 0.29) is 11.4 Å². The Kier molecular flexibility index (Phi) is 3.02. The first-order chi connectivity index (χ1) is 7.99. The van der Waals surface area contributed by atoms with Crippen LogP contribution in [0.2, 0.25) is 0 Å². The predicted molar refractivity (Wildman–Crippen MR) is 67.5 cm³/mol. The summed E-state index contributed by atoms with van der Waals surface area (Å²) in [7, 11) is 0. The summed E-state index contributed by atoms with van der Waals surface area (Å²) in [6.07, 6.45) is 1.66. The van der Waals surface area contributed by atoms with Crippen molar-refractivity contribution in [1.82, 2.24) is 4.98 Å². The van der Waals surface area contributed by atoms with Crippen LogP contribution in [0.15, 0.2) is 18.3 Å². The SMILES string of the molecule is CC1(C)CN(c2cccnc2C(=N)N)CCO1. The Labute approximate surface area is 101 Å². The molecule has 1 aliphatic heterocycles. The zero-order chi connectivity index (χ0) is 12.5. The zero-order valence-corrected chi connectivity index (χ0v) is 10.2. The summed E-state index contributed by atoms with van der Waals surface area (Å²) in [5.74, 6) is 0.00454. The lowest BCUT2D eigenvalue weighted by molar-refractivity contribution is -0.0277. The van der Waals surface area contributed by atoms with Gasteiger partial charge in [-0.2, -0.15) is 0 Å². The fourth-order valence-electron chi connectivity index (χ4n) is 2.08. The molecule has 1 aliphatic rings. The average Bonchev–Trinajstić information content (AvgIpc) is 2.27.